The second-order valence-corrected chi connectivity index (χ2v) is 6.33. The SMILES string of the molecule is COc1c([C@@H]2CCCN2C(=O)c2cccc3c2OCO3)c(C)nn1C. The molecule has 2 aliphatic heterocycles. The molecular formula is C18H21N3O4. The first-order chi connectivity index (χ1) is 12.1. The number of nitrogens with zero attached hydrogens (tertiary/aromatic N) is 3. The van der Waals surface area contributed by atoms with E-state index in [1.54, 1.807) is 17.9 Å². The summed E-state index contributed by atoms with van der Waals surface area (Å²) in [5.41, 5.74) is 2.42. The van der Waals surface area contributed by atoms with Crippen molar-refractivity contribution in [3.05, 3.63) is 35.0 Å². The van der Waals surface area contributed by atoms with Crippen molar-refractivity contribution < 1.29 is 19.0 Å². The minimum Gasteiger partial charge on any atom is -0.481 e. The summed E-state index contributed by atoms with van der Waals surface area (Å²) in [6.45, 7) is 2.81. The quantitative estimate of drug-likeness (QED) is 0.856. The molecule has 0 spiro atoms. The molecule has 132 valence electrons. The van der Waals surface area contributed by atoms with Crippen molar-refractivity contribution >= 4 is 5.91 Å². The first-order valence-corrected chi connectivity index (χ1v) is 8.39. The summed E-state index contributed by atoms with van der Waals surface area (Å²) in [5.74, 6) is 1.82. The number of hydrogen-bond donors (Lipinski definition) is 0. The van der Waals surface area contributed by atoms with Crippen molar-refractivity contribution in [3.63, 3.8) is 0 Å². The van der Waals surface area contributed by atoms with Crippen LogP contribution in [-0.4, -0.2) is 41.0 Å². The highest BCUT2D eigenvalue weighted by molar-refractivity contribution is 5.98. The molecule has 1 atom stereocenters. The molecule has 1 aromatic carbocycles. The van der Waals surface area contributed by atoms with Gasteiger partial charge >= 0.3 is 0 Å². The van der Waals surface area contributed by atoms with Gasteiger partial charge in [-0.1, -0.05) is 6.07 Å². The van der Waals surface area contributed by atoms with E-state index >= 15 is 0 Å². The fourth-order valence-corrected chi connectivity index (χ4v) is 3.84. The van der Waals surface area contributed by atoms with Crippen molar-refractivity contribution in [2.24, 2.45) is 7.05 Å². The van der Waals surface area contributed by atoms with E-state index in [9.17, 15) is 4.79 Å². The van der Waals surface area contributed by atoms with Crippen LogP contribution < -0.4 is 14.2 Å². The Bertz CT molecular complexity index is 830. The number of rotatable bonds is 3. The predicted octanol–water partition coefficient (Wildman–Crippen LogP) is 2.44. The maximum absolute atomic E-state index is 13.2. The maximum atomic E-state index is 13.2. The molecule has 7 nitrogen and oxygen atoms in total. The number of aryl methyl sites for hydroxylation is 2. The Balaban J connectivity index is 1.71. The van der Waals surface area contributed by atoms with Crippen LogP contribution in [0.3, 0.4) is 0 Å². The summed E-state index contributed by atoms with van der Waals surface area (Å²) in [6.07, 6.45) is 1.83. The largest absolute Gasteiger partial charge is 0.481 e. The number of amides is 1. The summed E-state index contributed by atoms with van der Waals surface area (Å²) in [7, 11) is 3.49. The van der Waals surface area contributed by atoms with Gasteiger partial charge in [-0.25, -0.2) is 4.68 Å². The fraction of sp³-hybridized carbons (Fsp3) is 0.444. The Kier molecular flexibility index (Phi) is 3.78. The lowest BCUT2D eigenvalue weighted by Gasteiger charge is -2.25. The van der Waals surface area contributed by atoms with Gasteiger partial charge in [0.1, 0.15) is 0 Å². The number of hydrogen-bond acceptors (Lipinski definition) is 5. The minimum absolute atomic E-state index is 0.0462. The number of carbonyl (C=O) groups is 1. The molecule has 4 rings (SSSR count). The summed E-state index contributed by atoms with van der Waals surface area (Å²) < 4.78 is 18.2. The van der Waals surface area contributed by atoms with Crippen LogP contribution in [0.4, 0.5) is 0 Å². The first-order valence-electron chi connectivity index (χ1n) is 8.39. The Morgan fingerprint density at radius 1 is 1.36 bits per heavy atom. The second kappa shape index (κ2) is 5.98. The molecule has 0 saturated carbocycles. The van der Waals surface area contributed by atoms with Crippen LogP contribution in [0.15, 0.2) is 18.2 Å². The second-order valence-electron chi connectivity index (χ2n) is 6.33. The Hall–Kier alpha value is -2.70. The van der Waals surface area contributed by atoms with Gasteiger partial charge < -0.3 is 19.1 Å². The van der Waals surface area contributed by atoms with E-state index in [4.69, 9.17) is 14.2 Å². The zero-order valence-electron chi connectivity index (χ0n) is 14.6. The van der Waals surface area contributed by atoms with E-state index in [1.165, 1.54) is 0 Å². The molecule has 25 heavy (non-hydrogen) atoms. The number of likely N-dealkylation sites (tertiary alicyclic amines) is 1. The zero-order chi connectivity index (χ0) is 17.6. The number of aromatic nitrogens is 2. The minimum atomic E-state index is -0.0469. The van der Waals surface area contributed by atoms with Crippen molar-refractivity contribution in [1.82, 2.24) is 14.7 Å². The summed E-state index contributed by atoms with van der Waals surface area (Å²) in [5, 5.41) is 4.46. The van der Waals surface area contributed by atoms with Gasteiger partial charge in [0, 0.05) is 13.6 Å². The van der Waals surface area contributed by atoms with E-state index < -0.39 is 0 Å². The molecule has 0 N–H and O–H groups in total. The molecule has 1 fully saturated rings. The Morgan fingerprint density at radius 2 is 2.20 bits per heavy atom. The van der Waals surface area contributed by atoms with Crippen LogP contribution >= 0.6 is 0 Å². The molecule has 1 amide bonds. The smallest absolute Gasteiger partial charge is 0.258 e. The van der Waals surface area contributed by atoms with Crippen molar-refractivity contribution in [1.29, 1.82) is 0 Å². The average Bonchev–Trinajstić information content (AvgIpc) is 3.31. The van der Waals surface area contributed by atoms with Gasteiger partial charge in [-0.15, -0.1) is 0 Å². The number of benzene rings is 1. The predicted molar refractivity (Wildman–Crippen MR) is 90.1 cm³/mol. The summed E-state index contributed by atoms with van der Waals surface area (Å²) in [6, 6.07) is 5.38. The lowest BCUT2D eigenvalue weighted by Crippen LogP contribution is -2.31. The van der Waals surface area contributed by atoms with Crippen LogP contribution in [0, 0.1) is 6.92 Å². The van der Waals surface area contributed by atoms with Gasteiger partial charge in [0.2, 0.25) is 12.7 Å². The standard InChI is InChI=1S/C18H21N3O4/c1-11-15(18(23-3)20(2)19-11)13-7-5-9-21(13)17(22)12-6-4-8-14-16(12)25-10-24-14/h4,6,8,13H,5,7,9-10H2,1-3H3/t13-/m0/s1. The average molecular weight is 343 g/mol. The molecule has 0 radical (unpaired) electrons. The van der Waals surface area contributed by atoms with Gasteiger partial charge in [-0.3, -0.25) is 4.79 Å². The van der Waals surface area contributed by atoms with E-state index in [0.717, 1.165) is 24.1 Å². The highest BCUT2D eigenvalue weighted by Gasteiger charge is 2.37. The lowest BCUT2D eigenvalue weighted by molar-refractivity contribution is 0.0729. The molecule has 0 bridgehead atoms. The number of ether oxygens (including phenoxy) is 3. The zero-order valence-corrected chi connectivity index (χ0v) is 14.6. The van der Waals surface area contributed by atoms with Crippen molar-refractivity contribution in [2.45, 2.75) is 25.8 Å². The van der Waals surface area contributed by atoms with E-state index in [1.807, 2.05) is 31.0 Å². The maximum Gasteiger partial charge on any atom is 0.258 e. The van der Waals surface area contributed by atoms with Gasteiger partial charge in [0.15, 0.2) is 11.5 Å². The molecule has 0 aliphatic carbocycles. The van der Waals surface area contributed by atoms with Crippen molar-refractivity contribution in [3.8, 4) is 17.4 Å². The van der Waals surface area contributed by atoms with Crippen molar-refractivity contribution in [2.75, 3.05) is 20.4 Å². The van der Waals surface area contributed by atoms with Gasteiger partial charge in [-0.2, -0.15) is 5.10 Å². The van der Waals surface area contributed by atoms with E-state index in [2.05, 4.69) is 5.10 Å². The van der Waals surface area contributed by atoms with Gasteiger partial charge in [0.25, 0.3) is 5.91 Å². The Morgan fingerprint density at radius 3 is 3.00 bits per heavy atom. The summed E-state index contributed by atoms with van der Waals surface area (Å²) >= 11 is 0. The Labute approximate surface area is 146 Å². The fourth-order valence-electron chi connectivity index (χ4n) is 3.84. The van der Waals surface area contributed by atoms with Crippen LogP contribution in [-0.2, 0) is 7.05 Å². The third-order valence-electron chi connectivity index (χ3n) is 4.88. The highest BCUT2D eigenvalue weighted by Crippen LogP contribution is 2.42. The number of carbonyl (C=O) groups excluding carboxylic acids is 1. The molecule has 3 heterocycles. The van der Waals surface area contributed by atoms with Crippen LogP contribution in [0.5, 0.6) is 17.4 Å². The molecule has 1 saturated heterocycles. The monoisotopic (exact) mass is 343 g/mol. The molecule has 7 heteroatoms. The summed E-state index contributed by atoms with van der Waals surface area (Å²) in [4.78, 5) is 15.1. The molecule has 2 aliphatic rings. The van der Waals surface area contributed by atoms with E-state index in [0.29, 0.717) is 29.5 Å². The number of methoxy groups -OCH3 is 1. The molecule has 2 aromatic rings. The third-order valence-corrected chi connectivity index (χ3v) is 4.88. The van der Waals surface area contributed by atoms with Crippen LogP contribution in [0.1, 0.15) is 40.5 Å². The van der Waals surface area contributed by atoms with Crippen LogP contribution in [0.2, 0.25) is 0 Å². The number of para-hydroxylation sites is 1. The molecule has 0 unspecified atom stereocenters. The van der Waals surface area contributed by atoms with Gasteiger partial charge in [-0.05, 0) is 31.9 Å². The molecule has 1 aromatic heterocycles. The van der Waals surface area contributed by atoms with Gasteiger partial charge in [0.05, 0.1) is 30.0 Å². The molecular weight excluding hydrogens is 322 g/mol. The van der Waals surface area contributed by atoms with E-state index in [-0.39, 0.29) is 18.7 Å². The third kappa shape index (κ3) is 2.42. The van der Waals surface area contributed by atoms with Crippen LogP contribution in [0.25, 0.3) is 0 Å². The number of fused-ring (bicyclic) bond motifs is 1. The topological polar surface area (TPSA) is 65.8 Å². The first kappa shape index (κ1) is 15.8. The highest BCUT2D eigenvalue weighted by atomic mass is 16.7. The normalized spacial score (nSPS) is 18.7. The lowest BCUT2D eigenvalue weighted by atomic mass is 10.0.